The van der Waals surface area contributed by atoms with Gasteiger partial charge in [0.05, 0.1) is 11.1 Å². The molecule has 1 amide bonds. The zero-order chi connectivity index (χ0) is 15.4. The van der Waals surface area contributed by atoms with Crippen LogP contribution in [-0.2, 0) is 0 Å². The number of benzene rings is 2. The van der Waals surface area contributed by atoms with Crippen LogP contribution in [0, 0.1) is 10.5 Å². The number of amides is 1. The minimum Gasteiger partial charge on any atom is -0.345 e. The number of nitrogens with one attached hydrogen (secondary N) is 1. The second-order valence-electron chi connectivity index (χ2n) is 4.97. The Balaban J connectivity index is 2.15. The highest BCUT2D eigenvalue weighted by molar-refractivity contribution is 14.1. The summed E-state index contributed by atoms with van der Waals surface area (Å²) in [7, 11) is 0. The van der Waals surface area contributed by atoms with Crippen molar-refractivity contribution in [2.75, 3.05) is 0 Å². The highest BCUT2D eigenvalue weighted by atomic mass is 127. The molecule has 4 heteroatoms. The predicted octanol–water partition coefficient (Wildman–Crippen LogP) is 5.13. The zero-order valence-electron chi connectivity index (χ0n) is 12.0. The lowest BCUT2D eigenvalue weighted by atomic mass is 10.0. The second-order valence-corrected chi connectivity index (χ2v) is 6.54. The van der Waals surface area contributed by atoms with E-state index in [1.165, 1.54) is 5.56 Å². The van der Waals surface area contributed by atoms with Gasteiger partial charge in [-0.3, -0.25) is 4.79 Å². The summed E-state index contributed by atoms with van der Waals surface area (Å²) < 4.78 is 0.941. The molecule has 1 N–H and O–H groups in total. The molecule has 0 aliphatic rings. The van der Waals surface area contributed by atoms with E-state index in [-0.39, 0.29) is 11.9 Å². The molecule has 2 aromatic rings. The topological polar surface area (TPSA) is 29.1 Å². The van der Waals surface area contributed by atoms with Crippen molar-refractivity contribution >= 4 is 40.1 Å². The Labute approximate surface area is 144 Å². The Hall–Kier alpha value is -1.07. The third-order valence-corrected chi connectivity index (χ3v) is 4.95. The molecule has 0 spiro atoms. The lowest BCUT2D eigenvalue weighted by Gasteiger charge is -2.18. The van der Waals surface area contributed by atoms with Gasteiger partial charge in [-0.25, -0.2) is 0 Å². The van der Waals surface area contributed by atoms with Crippen LogP contribution in [0.15, 0.2) is 42.5 Å². The standard InChI is InChI=1S/C17H17ClINO/c1-3-16(12-6-4-11(2)5-7-12)20-17(21)13-8-9-15(19)14(18)10-13/h4-10,16H,3H2,1-2H3,(H,20,21). The Kier molecular flexibility index (Phi) is 5.65. The summed E-state index contributed by atoms with van der Waals surface area (Å²) in [6.07, 6.45) is 0.840. The van der Waals surface area contributed by atoms with Crippen molar-refractivity contribution < 1.29 is 4.79 Å². The first-order valence-corrected chi connectivity index (χ1v) is 8.29. The summed E-state index contributed by atoms with van der Waals surface area (Å²) in [4.78, 5) is 12.3. The molecular weight excluding hydrogens is 397 g/mol. The fourth-order valence-corrected chi connectivity index (χ4v) is 2.61. The predicted molar refractivity (Wildman–Crippen MR) is 95.8 cm³/mol. The van der Waals surface area contributed by atoms with Crippen molar-refractivity contribution in [3.8, 4) is 0 Å². The number of carbonyl (C=O) groups is 1. The molecule has 2 aromatic carbocycles. The quantitative estimate of drug-likeness (QED) is 0.691. The number of rotatable bonds is 4. The van der Waals surface area contributed by atoms with Crippen LogP contribution < -0.4 is 5.32 Å². The molecule has 1 atom stereocenters. The van der Waals surface area contributed by atoms with Gasteiger partial charge >= 0.3 is 0 Å². The molecule has 0 fully saturated rings. The lowest BCUT2D eigenvalue weighted by molar-refractivity contribution is 0.0935. The number of aryl methyl sites for hydroxylation is 1. The van der Waals surface area contributed by atoms with Gasteiger partial charge in [0.1, 0.15) is 0 Å². The highest BCUT2D eigenvalue weighted by Gasteiger charge is 2.14. The lowest BCUT2D eigenvalue weighted by Crippen LogP contribution is -2.28. The summed E-state index contributed by atoms with van der Waals surface area (Å²) in [6.45, 7) is 4.11. The third kappa shape index (κ3) is 4.20. The van der Waals surface area contributed by atoms with Crippen LogP contribution in [0.1, 0.15) is 40.9 Å². The average molecular weight is 414 g/mol. The summed E-state index contributed by atoms with van der Waals surface area (Å²) in [5.41, 5.74) is 2.92. The Morgan fingerprint density at radius 1 is 1.24 bits per heavy atom. The van der Waals surface area contributed by atoms with Crippen molar-refractivity contribution in [1.82, 2.24) is 5.32 Å². The van der Waals surface area contributed by atoms with Crippen LogP contribution in [-0.4, -0.2) is 5.91 Å². The van der Waals surface area contributed by atoms with Crippen LogP contribution >= 0.6 is 34.2 Å². The summed E-state index contributed by atoms with van der Waals surface area (Å²) in [5.74, 6) is -0.0966. The van der Waals surface area contributed by atoms with E-state index in [0.29, 0.717) is 10.6 Å². The van der Waals surface area contributed by atoms with Crippen LogP contribution in [0.5, 0.6) is 0 Å². The number of hydrogen-bond donors (Lipinski definition) is 1. The normalized spacial score (nSPS) is 12.0. The van der Waals surface area contributed by atoms with E-state index in [2.05, 4.69) is 66.0 Å². The maximum Gasteiger partial charge on any atom is 0.251 e. The monoisotopic (exact) mass is 413 g/mol. The summed E-state index contributed by atoms with van der Waals surface area (Å²) in [5, 5.41) is 3.67. The largest absolute Gasteiger partial charge is 0.345 e. The van der Waals surface area contributed by atoms with E-state index in [4.69, 9.17) is 11.6 Å². The molecule has 0 saturated carbocycles. The Morgan fingerprint density at radius 2 is 1.90 bits per heavy atom. The van der Waals surface area contributed by atoms with Gasteiger partial charge in [-0.05, 0) is 59.7 Å². The van der Waals surface area contributed by atoms with Gasteiger partial charge in [0, 0.05) is 9.13 Å². The van der Waals surface area contributed by atoms with Crippen LogP contribution in [0.3, 0.4) is 0 Å². The molecular formula is C17H17ClINO. The molecule has 2 nitrogen and oxygen atoms in total. The number of halogens is 2. The molecule has 110 valence electrons. The van der Waals surface area contributed by atoms with Gasteiger partial charge < -0.3 is 5.32 Å². The van der Waals surface area contributed by atoms with Crippen LogP contribution in [0.2, 0.25) is 5.02 Å². The molecule has 0 aliphatic carbocycles. The molecule has 2 rings (SSSR count). The van der Waals surface area contributed by atoms with Crippen molar-refractivity contribution in [3.63, 3.8) is 0 Å². The smallest absolute Gasteiger partial charge is 0.251 e. The van der Waals surface area contributed by atoms with Gasteiger partial charge in [-0.1, -0.05) is 48.4 Å². The zero-order valence-corrected chi connectivity index (χ0v) is 14.9. The minimum absolute atomic E-state index is 0.0103. The van der Waals surface area contributed by atoms with Gasteiger partial charge in [-0.15, -0.1) is 0 Å². The van der Waals surface area contributed by atoms with Crippen molar-refractivity contribution in [2.45, 2.75) is 26.3 Å². The molecule has 0 aromatic heterocycles. The van der Waals surface area contributed by atoms with E-state index in [0.717, 1.165) is 15.6 Å². The first-order valence-electron chi connectivity index (χ1n) is 6.83. The van der Waals surface area contributed by atoms with E-state index in [9.17, 15) is 4.79 Å². The van der Waals surface area contributed by atoms with Gasteiger partial charge in [0.2, 0.25) is 0 Å². The van der Waals surface area contributed by atoms with Crippen LogP contribution in [0.4, 0.5) is 0 Å². The van der Waals surface area contributed by atoms with Gasteiger partial charge in [0.25, 0.3) is 5.91 Å². The maximum atomic E-state index is 12.3. The molecule has 1 unspecified atom stereocenters. The van der Waals surface area contributed by atoms with Crippen molar-refractivity contribution in [3.05, 3.63) is 67.7 Å². The SMILES string of the molecule is CCC(NC(=O)c1ccc(I)c(Cl)c1)c1ccc(C)cc1. The van der Waals surface area contributed by atoms with Crippen LogP contribution in [0.25, 0.3) is 0 Å². The molecule has 0 saturated heterocycles. The molecule has 0 bridgehead atoms. The fraction of sp³-hybridized carbons (Fsp3) is 0.235. The summed E-state index contributed by atoms with van der Waals surface area (Å²) in [6, 6.07) is 13.6. The molecule has 21 heavy (non-hydrogen) atoms. The number of hydrogen-bond acceptors (Lipinski definition) is 1. The second kappa shape index (κ2) is 7.27. The first-order chi connectivity index (χ1) is 10.0. The summed E-state index contributed by atoms with van der Waals surface area (Å²) >= 11 is 8.22. The van der Waals surface area contributed by atoms with Crippen molar-refractivity contribution in [2.24, 2.45) is 0 Å². The van der Waals surface area contributed by atoms with E-state index >= 15 is 0 Å². The van der Waals surface area contributed by atoms with E-state index < -0.39 is 0 Å². The fourth-order valence-electron chi connectivity index (χ4n) is 2.10. The maximum absolute atomic E-state index is 12.3. The van der Waals surface area contributed by atoms with Gasteiger partial charge in [-0.2, -0.15) is 0 Å². The van der Waals surface area contributed by atoms with Gasteiger partial charge in [0.15, 0.2) is 0 Å². The third-order valence-electron chi connectivity index (χ3n) is 3.38. The first kappa shape index (κ1) is 16.3. The van der Waals surface area contributed by atoms with E-state index in [1.54, 1.807) is 12.1 Å². The Morgan fingerprint density at radius 3 is 2.48 bits per heavy atom. The molecule has 0 heterocycles. The highest BCUT2D eigenvalue weighted by Crippen LogP contribution is 2.21. The number of carbonyl (C=O) groups excluding carboxylic acids is 1. The van der Waals surface area contributed by atoms with E-state index in [1.807, 2.05) is 6.07 Å². The molecule has 0 aliphatic heterocycles. The average Bonchev–Trinajstić information content (AvgIpc) is 2.48. The van der Waals surface area contributed by atoms with Crippen molar-refractivity contribution in [1.29, 1.82) is 0 Å². The Bertz CT molecular complexity index is 640. The molecule has 0 radical (unpaired) electrons. The minimum atomic E-state index is -0.0966.